The summed E-state index contributed by atoms with van der Waals surface area (Å²) in [6.07, 6.45) is 4.55. The van der Waals surface area contributed by atoms with Crippen molar-refractivity contribution in [1.29, 1.82) is 0 Å². The minimum Gasteiger partial charge on any atom is -0.491 e. The highest BCUT2D eigenvalue weighted by Gasteiger charge is 2.21. The Kier molecular flexibility index (Phi) is 18.8. The molecule has 19 nitrogen and oxygen atoms in total. The lowest BCUT2D eigenvalue weighted by molar-refractivity contribution is 0.0904. The summed E-state index contributed by atoms with van der Waals surface area (Å²) in [5.41, 5.74) is 5.62. The van der Waals surface area contributed by atoms with Gasteiger partial charge >= 0.3 is 0 Å². The van der Waals surface area contributed by atoms with Crippen molar-refractivity contribution in [2.24, 2.45) is 5.92 Å². The molecular formula is C50H67N11O8. The van der Waals surface area contributed by atoms with Crippen LogP contribution in [0.4, 0.5) is 11.6 Å². The van der Waals surface area contributed by atoms with E-state index in [1.54, 1.807) is 7.05 Å². The normalized spacial score (nSPS) is 16.5. The fourth-order valence-electron chi connectivity index (χ4n) is 7.86. The number of ether oxygens (including phenoxy) is 4. The number of aliphatic hydroxyl groups is 3. The van der Waals surface area contributed by atoms with Crippen LogP contribution in [0, 0.1) is 19.8 Å². The third kappa shape index (κ3) is 15.0. The predicted molar refractivity (Wildman–Crippen MR) is 263 cm³/mol. The second kappa shape index (κ2) is 25.5. The zero-order valence-corrected chi connectivity index (χ0v) is 40.3. The molecule has 2 atom stereocenters. The van der Waals surface area contributed by atoms with Gasteiger partial charge in [-0.05, 0) is 63.9 Å². The summed E-state index contributed by atoms with van der Waals surface area (Å²) in [4.78, 5) is 21.3. The van der Waals surface area contributed by atoms with Crippen LogP contribution >= 0.6 is 0 Å². The number of β-amino-alcohol motifs (C(OH)–C–C–N with tert-alkyl or cyclic N) is 2. The molecule has 2 aromatic carbocycles. The molecule has 6 N–H and O–H groups in total. The number of hydrogen-bond donors (Lipinski definition) is 6. The van der Waals surface area contributed by atoms with E-state index in [1.165, 1.54) is 0 Å². The van der Waals surface area contributed by atoms with Gasteiger partial charge in [0.2, 0.25) is 0 Å². The highest BCUT2D eigenvalue weighted by molar-refractivity contribution is 5.71. The van der Waals surface area contributed by atoms with Crippen LogP contribution in [0.25, 0.3) is 45.3 Å². The van der Waals surface area contributed by atoms with E-state index >= 15 is 0 Å². The lowest BCUT2D eigenvalue weighted by atomic mass is 10.1. The number of anilines is 2. The van der Waals surface area contributed by atoms with E-state index in [2.05, 4.69) is 40.1 Å². The molecule has 8 rings (SSSR count). The van der Waals surface area contributed by atoms with Gasteiger partial charge in [0.1, 0.15) is 54.3 Å². The Morgan fingerprint density at radius 3 is 2.43 bits per heavy atom. The monoisotopic (exact) mass is 950 g/mol. The van der Waals surface area contributed by atoms with Gasteiger partial charge in [0.15, 0.2) is 11.6 Å². The third-order valence-electron chi connectivity index (χ3n) is 11.3. The number of nitrogens with zero attached hydrogens (tertiary/aromatic N) is 8. The van der Waals surface area contributed by atoms with Crippen molar-refractivity contribution in [2.45, 2.75) is 65.3 Å². The number of aromatic nitrogens is 7. The maximum absolute atomic E-state index is 10.2. The maximum Gasteiger partial charge on any atom is 0.162 e. The molecule has 2 unspecified atom stereocenters. The van der Waals surface area contributed by atoms with Gasteiger partial charge in [-0.25, -0.2) is 19.9 Å². The standard InChI is InChI=1S/C26H36N6O3.C24H31N5O5/c1-18(2)15-32-16-20(13-28-32)24-12-25(29-21-7-9-34-10-8-21)31-26(30-24)19-5-4-6-23(11-19)35-17-22(33)14-27-3;1-16-23(17(2)34-28-16)21-13-22-27-24(26-21)18-4-3-5-20(12-18)33-15-19(31)14-25-6-10-32-11-8-29(22)7-9-30/h4-6,11-13,16,18,21-22,27,33H,7-10,14-15,17H2,1-3H3,(H,29,30,31);3-5,12-13,19,25,30-31H,6-11,14-15H2,1-2H3. The molecule has 19 heteroatoms. The lowest BCUT2D eigenvalue weighted by Gasteiger charge is -2.24. The van der Waals surface area contributed by atoms with Crippen LogP contribution in [0.15, 0.2) is 77.6 Å². The predicted octanol–water partition coefficient (Wildman–Crippen LogP) is 4.79. The molecule has 0 radical (unpaired) electrons. The molecule has 2 aliphatic heterocycles. The Balaban J connectivity index is 0.000000204. The minimum absolute atomic E-state index is 0.0250. The summed E-state index contributed by atoms with van der Waals surface area (Å²) in [5.74, 6) is 5.01. The Labute approximate surface area is 403 Å². The molecule has 0 amide bonds. The molecule has 0 saturated carbocycles. The molecule has 1 fully saturated rings. The van der Waals surface area contributed by atoms with Crippen LogP contribution in [0.5, 0.6) is 11.5 Å². The second-order valence-electron chi connectivity index (χ2n) is 17.5. The third-order valence-corrected chi connectivity index (χ3v) is 11.3. The van der Waals surface area contributed by atoms with E-state index in [1.807, 2.05) is 96.5 Å². The van der Waals surface area contributed by atoms with Gasteiger partial charge in [-0.1, -0.05) is 43.3 Å². The van der Waals surface area contributed by atoms with Crippen molar-refractivity contribution in [1.82, 2.24) is 45.5 Å². The van der Waals surface area contributed by atoms with Gasteiger partial charge in [0, 0.05) is 93.5 Å². The number of likely N-dealkylation sites (N-methyl/N-ethyl adjacent to an activating group) is 1. The van der Waals surface area contributed by atoms with Crippen molar-refractivity contribution in [3.05, 3.63) is 84.5 Å². The summed E-state index contributed by atoms with van der Waals surface area (Å²) in [7, 11) is 1.80. The Morgan fingerprint density at radius 1 is 0.899 bits per heavy atom. The summed E-state index contributed by atoms with van der Waals surface area (Å²) in [6, 6.07) is 19.3. The Hall–Kier alpha value is -6.06. The molecular weight excluding hydrogens is 883 g/mol. The molecule has 0 aliphatic carbocycles. The van der Waals surface area contributed by atoms with Crippen molar-refractivity contribution in [2.75, 3.05) is 96.2 Å². The van der Waals surface area contributed by atoms with Crippen LogP contribution in [0.3, 0.4) is 0 Å². The number of fused-ring (bicyclic) bond motifs is 5. The smallest absolute Gasteiger partial charge is 0.162 e. The maximum atomic E-state index is 10.2. The van der Waals surface area contributed by atoms with E-state index in [0.29, 0.717) is 98.3 Å². The second-order valence-corrected chi connectivity index (χ2v) is 17.5. The quantitative estimate of drug-likeness (QED) is 0.0862. The van der Waals surface area contributed by atoms with Crippen LogP contribution in [-0.4, -0.2) is 154 Å². The number of nitrogens with one attached hydrogen (secondary N) is 3. The van der Waals surface area contributed by atoms with Crippen molar-refractivity contribution >= 4 is 11.6 Å². The van der Waals surface area contributed by atoms with Gasteiger partial charge in [-0.15, -0.1) is 0 Å². The number of hydrogen-bond acceptors (Lipinski definition) is 18. The summed E-state index contributed by atoms with van der Waals surface area (Å²) < 4.78 is 30.2. The number of aliphatic hydroxyl groups excluding tert-OH is 3. The number of aryl methyl sites for hydroxylation is 2. The van der Waals surface area contributed by atoms with E-state index < -0.39 is 12.2 Å². The first kappa shape index (κ1) is 50.8. The van der Waals surface area contributed by atoms with Crippen LogP contribution < -0.4 is 30.3 Å². The lowest BCUT2D eigenvalue weighted by Crippen LogP contribution is -2.34. The van der Waals surface area contributed by atoms with E-state index in [4.69, 9.17) is 43.4 Å². The van der Waals surface area contributed by atoms with E-state index in [9.17, 15) is 15.3 Å². The summed E-state index contributed by atoms with van der Waals surface area (Å²) in [6.45, 7) is 14.2. The molecule has 69 heavy (non-hydrogen) atoms. The fourth-order valence-corrected chi connectivity index (χ4v) is 7.86. The average molecular weight is 950 g/mol. The molecule has 0 spiro atoms. The van der Waals surface area contributed by atoms with E-state index in [0.717, 1.165) is 72.1 Å². The van der Waals surface area contributed by atoms with Crippen molar-refractivity contribution in [3.8, 4) is 56.8 Å². The molecule has 2 aliphatic rings. The van der Waals surface area contributed by atoms with Gasteiger partial charge < -0.3 is 59.6 Å². The number of benzene rings is 2. The first-order valence-corrected chi connectivity index (χ1v) is 23.7. The molecule has 370 valence electrons. The van der Waals surface area contributed by atoms with Crippen LogP contribution in [0.2, 0.25) is 0 Å². The largest absolute Gasteiger partial charge is 0.491 e. The topological polar surface area (TPSA) is 232 Å². The molecule has 6 heterocycles. The van der Waals surface area contributed by atoms with Gasteiger partial charge in [-0.3, -0.25) is 4.68 Å². The Bertz CT molecular complexity index is 2490. The highest BCUT2D eigenvalue weighted by Crippen LogP contribution is 2.32. The molecule has 6 aromatic rings. The molecule has 1 saturated heterocycles. The van der Waals surface area contributed by atoms with Gasteiger partial charge in [0.25, 0.3) is 0 Å². The first-order chi connectivity index (χ1) is 33.5. The van der Waals surface area contributed by atoms with Crippen LogP contribution in [0.1, 0.15) is 38.1 Å². The van der Waals surface area contributed by atoms with Gasteiger partial charge in [-0.2, -0.15) is 5.10 Å². The van der Waals surface area contributed by atoms with E-state index in [-0.39, 0.29) is 19.8 Å². The zero-order chi connectivity index (χ0) is 48.5. The first-order valence-electron chi connectivity index (χ1n) is 23.7. The number of rotatable bonds is 14. The molecule has 4 bridgehead atoms. The Morgan fingerprint density at radius 2 is 1.67 bits per heavy atom. The fraction of sp³-hybridized carbons (Fsp3) is 0.480. The molecule has 4 aromatic heterocycles. The summed E-state index contributed by atoms with van der Waals surface area (Å²) >= 11 is 0. The highest BCUT2D eigenvalue weighted by atomic mass is 16.5. The van der Waals surface area contributed by atoms with Crippen molar-refractivity contribution < 1.29 is 38.8 Å². The van der Waals surface area contributed by atoms with Crippen LogP contribution in [-0.2, 0) is 16.0 Å². The zero-order valence-electron chi connectivity index (χ0n) is 40.3. The van der Waals surface area contributed by atoms with Gasteiger partial charge in [0.05, 0.1) is 48.7 Å². The summed E-state index contributed by atoms with van der Waals surface area (Å²) in [5, 5.41) is 48.2. The average Bonchev–Trinajstić information content (AvgIpc) is 3.96. The van der Waals surface area contributed by atoms with Crippen molar-refractivity contribution in [3.63, 3.8) is 0 Å². The minimum atomic E-state index is -0.648. The SMILES string of the molecule is CNCC(O)COc1cccc(-c2nc(NC3CCOCC3)cc(-c3cnn(CC(C)C)c3)n2)c1.Cc1noc(C)c1-c1cc2nc(n1)-c1cccc(c1)OCC(O)CNCCOCCN2CCO.